The zero-order valence-corrected chi connectivity index (χ0v) is 13.2. The topological polar surface area (TPSA) is 13.1 Å². The molecule has 3 aromatic carbocycles. The molecule has 0 N–H and O–H groups in total. The van der Waals surface area contributed by atoms with Crippen molar-refractivity contribution in [2.75, 3.05) is 0 Å². The van der Waals surface area contributed by atoms with Crippen molar-refractivity contribution in [2.24, 2.45) is 0 Å². The van der Waals surface area contributed by atoms with Gasteiger partial charge < -0.3 is 4.42 Å². The fourth-order valence-corrected chi connectivity index (χ4v) is 2.97. The molecule has 0 radical (unpaired) electrons. The second-order valence-corrected chi connectivity index (χ2v) is 5.57. The van der Waals surface area contributed by atoms with E-state index >= 15 is 0 Å². The van der Waals surface area contributed by atoms with E-state index in [1.807, 2.05) is 18.2 Å². The maximum atomic E-state index is 6.07. The summed E-state index contributed by atoms with van der Waals surface area (Å²) in [7, 11) is 2.74. The van der Waals surface area contributed by atoms with Gasteiger partial charge in [0.1, 0.15) is 11.2 Å². The van der Waals surface area contributed by atoms with E-state index in [1.165, 1.54) is 21.6 Å². The fraction of sp³-hybridized carbons (Fsp3) is 0. The van der Waals surface area contributed by atoms with Crippen molar-refractivity contribution in [3.63, 3.8) is 0 Å². The highest BCUT2D eigenvalue weighted by Crippen LogP contribution is 2.35. The average Bonchev–Trinajstić information content (AvgIpc) is 2.86. The normalized spacial score (nSPS) is 10.7. The summed E-state index contributed by atoms with van der Waals surface area (Å²) in [6, 6.07) is 22.9. The van der Waals surface area contributed by atoms with E-state index in [9.17, 15) is 0 Å². The van der Waals surface area contributed by atoms with E-state index in [0.29, 0.717) is 0 Å². The lowest BCUT2D eigenvalue weighted by Crippen LogP contribution is -1.89. The molecule has 0 fully saturated rings. The summed E-state index contributed by atoms with van der Waals surface area (Å²) in [6.45, 7) is 0. The van der Waals surface area contributed by atoms with Gasteiger partial charge in [-0.15, -0.1) is 21.6 Å². The monoisotopic (exact) mass is 312 g/mol. The molecule has 0 saturated heterocycles. The quantitative estimate of drug-likeness (QED) is 0.442. The van der Waals surface area contributed by atoms with Crippen molar-refractivity contribution >= 4 is 48.9 Å². The highest BCUT2D eigenvalue weighted by Gasteiger charge is 2.11. The molecule has 1 atom stereocenters. The predicted molar refractivity (Wildman–Crippen MR) is 95.7 cm³/mol. The molecule has 0 bridgehead atoms. The molecular weight excluding hydrogens is 299 g/mol. The van der Waals surface area contributed by atoms with E-state index in [1.54, 1.807) is 0 Å². The third kappa shape index (κ3) is 2.33. The lowest BCUT2D eigenvalue weighted by atomic mass is 10.0. The Morgan fingerprint density at radius 2 is 1.52 bits per heavy atom. The number of hydrogen-bond donors (Lipinski definition) is 0. The molecule has 3 heteroatoms. The van der Waals surface area contributed by atoms with Crippen LogP contribution >= 0.6 is 21.6 Å². The zero-order chi connectivity index (χ0) is 13.5. The minimum Gasteiger partial charge on any atom is -0.455 e. The maximum absolute atomic E-state index is 6.07. The standard InChI is InChI=1S/C18H13OP.ClH/c20-13-6-3-5-12(11-13)14-8-4-9-16-15-7-1-2-10-17(15)19-18(14)16;/h1-11H,20H2;1H. The molecule has 0 amide bonds. The van der Waals surface area contributed by atoms with Crippen LogP contribution in [0.4, 0.5) is 0 Å². The van der Waals surface area contributed by atoms with Gasteiger partial charge in [0.15, 0.2) is 0 Å². The molecule has 1 unspecified atom stereocenters. The minimum atomic E-state index is 0. The maximum Gasteiger partial charge on any atom is 0.143 e. The van der Waals surface area contributed by atoms with Crippen molar-refractivity contribution in [3.8, 4) is 11.1 Å². The fourth-order valence-electron chi connectivity index (χ4n) is 2.68. The van der Waals surface area contributed by atoms with Gasteiger partial charge in [-0.3, -0.25) is 0 Å². The number of furan rings is 1. The Labute approximate surface area is 131 Å². The van der Waals surface area contributed by atoms with E-state index in [-0.39, 0.29) is 12.4 Å². The van der Waals surface area contributed by atoms with Crippen LogP contribution in [-0.2, 0) is 0 Å². The Kier molecular flexibility index (Phi) is 3.71. The van der Waals surface area contributed by atoms with Crippen LogP contribution in [0.15, 0.2) is 71.1 Å². The molecule has 0 saturated carbocycles. The van der Waals surface area contributed by atoms with Gasteiger partial charge in [0.2, 0.25) is 0 Å². The summed E-state index contributed by atoms with van der Waals surface area (Å²) < 4.78 is 6.07. The molecule has 0 aliphatic carbocycles. The van der Waals surface area contributed by atoms with Crippen LogP contribution in [0.2, 0.25) is 0 Å². The van der Waals surface area contributed by atoms with Crippen LogP contribution in [0.1, 0.15) is 0 Å². The number of rotatable bonds is 1. The van der Waals surface area contributed by atoms with Gasteiger partial charge in [-0.2, -0.15) is 0 Å². The molecule has 4 aromatic rings. The van der Waals surface area contributed by atoms with Gasteiger partial charge in [-0.05, 0) is 23.0 Å². The highest BCUT2D eigenvalue weighted by atomic mass is 35.5. The number of benzene rings is 3. The largest absolute Gasteiger partial charge is 0.455 e. The number of para-hydroxylation sites is 2. The van der Waals surface area contributed by atoms with Crippen LogP contribution in [0, 0.1) is 0 Å². The van der Waals surface area contributed by atoms with E-state index in [4.69, 9.17) is 4.42 Å². The summed E-state index contributed by atoms with van der Waals surface area (Å²) in [4.78, 5) is 0. The molecule has 104 valence electrons. The van der Waals surface area contributed by atoms with Crippen molar-refractivity contribution in [2.45, 2.75) is 0 Å². The summed E-state index contributed by atoms with van der Waals surface area (Å²) >= 11 is 0. The lowest BCUT2D eigenvalue weighted by molar-refractivity contribution is 0.670. The molecule has 0 spiro atoms. The average molecular weight is 313 g/mol. The van der Waals surface area contributed by atoms with Crippen molar-refractivity contribution in [1.82, 2.24) is 0 Å². The third-order valence-electron chi connectivity index (χ3n) is 3.60. The van der Waals surface area contributed by atoms with Crippen LogP contribution in [-0.4, -0.2) is 0 Å². The summed E-state index contributed by atoms with van der Waals surface area (Å²) in [5.74, 6) is 0. The number of fused-ring (bicyclic) bond motifs is 3. The smallest absolute Gasteiger partial charge is 0.143 e. The first kappa shape index (κ1) is 14.1. The van der Waals surface area contributed by atoms with Crippen molar-refractivity contribution in [3.05, 3.63) is 66.7 Å². The lowest BCUT2D eigenvalue weighted by Gasteiger charge is -2.03. The van der Waals surface area contributed by atoms with E-state index in [2.05, 4.69) is 57.8 Å². The van der Waals surface area contributed by atoms with Crippen LogP contribution in [0.25, 0.3) is 33.1 Å². The van der Waals surface area contributed by atoms with Gasteiger partial charge >= 0.3 is 0 Å². The first-order valence-electron chi connectivity index (χ1n) is 6.59. The Morgan fingerprint density at radius 3 is 2.38 bits per heavy atom. The van der Waals surface area contributed by atoms with E-state index < -0.39 is 0 Å². The number of halogens is 1. The molecule has 4 rings (SSSR count). The van der Waals surface area contributed by atoms with Crippen molar-refractivity contribution in [1.29, 1.82) is 0 Å². The van der Waals surface area contributed by atoms with Gasteiger partial charge in [0, 0.05) is 16.3 Å². The van der Waals surface area contributed by atoms with Crippen LogP contribution in [0.5, 0.6) is 0 Å². The third-order valence-corrected chi connectivity index (χ3v) is 3.96. The van der Waals surface area contributed by atoms with Gasteiger partial charge in [-0.25, -0.2) is 0 Å². The van der Waals surface area contributed by atoms with Crippen LogP contribution < -0.4 is 5.30 Å². The zero-order valence-electron chi connectivity index (χ0n) is 11.2. The molecule has 21 heavy (non-hydrogen) atoms. The van der Waals surface area contributed by atoms with Gasteiger partial charge in [0.25, 0.3) is 0 Å². The van der Waals surface area contributed by atoms with Crippen LogP contribution in [0.3, 0.4) is 0 Å². The highest BCUT2D eigenvalue weighted by molar-refractivity contribution is 7.27. The Hall–Kier alpha value is -1.82. The van der Waals surface area contributed by atoms with Gasteiger partial charge in [-0.1, -0.05) is 54.6 Å². The Bertz CT molecular complexity index is 927. The Morgan fingerprint density at radius 1 is 0.762 bits per heavy atom. The summed E-state index contributed by atoms with van der Waals surface area (Å²) in [6.07, 6.45) is 0. The van der Waals surface area contributed by atoms with Gasteiger partial charge in [0.05, 0.1) is 0 Å². The first-order valence-corrected chi connectivity index (χ1v) is 7.17. The second-order valence-electron chi connectivity index (χ2n) is 4.91. The summed E-state index contributed by atoms with van der Waals surface area (Å²) in [5, 5.41) is 3.52. The molecule has 1 nitrogen and oxygen atoms in total. The molecule has 0 aliphatic rings. The molecule has 1 aromatic heterocycles. The molecule has 0 aliphatic heterocycles. The van der Waals surface area contributed by atoms with Crippen molar-refractivity contribution < 1.29 is 4.42 Å². The Balaban J connectivity index is 0.00000132. The van der Waals surface area contributed by atoms with E-state index in [0.717, 1.165) is 16.7 Å². The number of hydrogen-bond acceptors (Lipinski definition) is 1. The summed E-state index contributed by atoms with van der Waals surface area (Å²) in [5.41, 5.74) is 4.23. The SMILES string of the molecule is Cl.Pc1cccc(-c2cccc3c2oc2ccccc23)c1. The second kappa shape index (κ2) is 5.52. The minimum absolute atomic E-state index is 0. The predicted octanol–water partition coefficient (Wildman–Crippen LogP) is 5.18. The molecular formula is C18H14ClOP. The molecule has 1 heterocycles. The first-order chi connectivity index (χ1) is 9.83.